The Morgan fingerprint density at radius 3 is 1.96 bits per heavy atom. The Labute approximate surface area is 263 Å². The molecular formula is C35H42N4O6. The Kier molecular flexibility index (Phi) is 10.3. The highest BCUT2D eigenvalue weighted by Crippen LogP contribution is 2.28. The van der Waals surface area contributed by atoms with Gasteiger partial charge in [0.2, 0.25) is 0 Å². The maximum Gasteiger partial charge on any atom is 0.305 e. The minimum atomic E-state index is -0.318. The van der Waals surface area contributed by atoms with Crippen molar-refractivity contribution < 1.29 is 28.7 Å². The lowest BCUT2D eigenvalue weighted by atomic mass is 10.0. The molecule has 3 N–H and O–H groups in total. The van der Waals surface area contributed by atoms with Crippen molar-refractivity contribution in [2.24, 2.45) is 4.99 Å². The number of hydrogen-bond acceptors (Lipinski definition) is 6. The van der Waals surface area contributed by atoms with Crippen LogP contribution in [0.2, 0.25) is 0 Å². The predicted molar refractivity (Wildman–Crippen MR) is 174 cm³/mol. The van der Waals surface area contributed by atoms with Gasteiger partial charge in [-0.3, -0.25) is 19.2 Å². The topological polar surface area (TPSA) is 143 Å². The molecule has 2 aliphatic rings. The number of hydrogen-bond donors (Lipinski definition) is 3. The molecule has 2 aromatic heterocycles. The van der Waals surface area contributed by atoms with Gasteiger partial charge in [0.15, 0.2) is 0 Å². The normalized spacial score (nSPS) is 16.8. The summed E-state index contributed by atoms with van der Waals surface area (Å²) in [6.07, 6.45) is 8.45. The zero-order chi connectivity index (χ0) is 33.0. The summed E-state index contributed by atoms with van der Waals surface area (Å²) in [6.45, 7) is 11.6. The van der Waals surface area contributed by atoms with Crippen LogP contribution in [-0.4, -0.2) is 53.7 Å². The van der Waals surface area contributed by atoms with Crippen molar-refractivity contribution >= 4 is 47.7 Å². The highest BCUT2D eigenvalue weighted by Gasteiger charge is 2.24. The molecule has 0 aromatic carbocycles. The van der Waals surface area contributed by atoms with E-state index in [1.165, 1.54) is 14.2 Å². The Morgan fingerprint density at radius 2 is 1.36 bits per heavy atom. The highest BCUT2D eigenvalue weighted by atomic mass is 16.5. The zero-order valence-corrected chi connectivity index (χ0v) is 27.4. The number of rotatable bonds is 11. The summed E-state index contributed by atoms with van der Waals surface area (Å²) < 4.78 is 9.83. The smallest absolute Gasteiger partial charge is 0.305 e. The van der Waals surface area contributed by atoms with Crippen LogP contribution >= 0.6 is 0 Å². The van der Waals surface area contributed by atoms with Crippen LogP contribution < -0.4 is 16.0 Å². The van der Waals surface area contributed by atoms with E-state index in [0.29, 0.717) is 42.5 Å². The summed E-state index contributed by atoms with van der Waals surface area (Å²) in [7, 11) is 2.74. The highest BCUT2D eigenvalue weighted by molar-refractivity contribution is 6.30. The van der Waals surface area contributed by atoms with E-state index in [1.807, 2.05) is 52.8 Å². The van der Waals surface area contributed by atoms with Crippen LogP contribution in [-0.2, 0) is 41.5 Å². The maximum absolute atomic E-state index is 12.4. The molecule has 0 fully saturated rings. The van der Waals surface area contributed by atoms with E-state index in [0.717, 1.165) is 61.2 Å². The molecule has 0 bridgehead atoms. The van der Waals surface area contributed by atoms with Crippen molar-refractivity contribution in [2.75, 3.05) is 14.2 Å². The van der Waals surface area contributed by atoms with Crippen LogP contribution in [0.5, 0.6) is 0 Å². The molecule has 10 heteroatoms. The summed E-state index contributed by atoms with van der Waals surface area (Å²) >= 11 is 0. The quantitative estimate of drug-likeness (QED) is 0.330. The van der Waals surface area contributed by atoms with Crippen molar-refractivity contribution in [3.63, 3.8) is 0 Å². The third-order valence-corrected chi connectivity index (χ3v) is 8.75. The van der Waals surface area contributed by atoms with Crippen LogP contribution in [0.3, 0.4) is 0 Å². The Balaban J connectivity index is 1.92. The number of H-pyrrole nitrogens is 2. The molecule has 4 rings (SSSR count). The number of amides is 2. The van der Waals surface area contributed by atoms with Crippen molar-refractivity contribution in [3.05, 3.63) is 72.3 Å². The average molecular weight is 615 g/mol. The van der Waals surface area contributed by atoms with E-state index in [-0.39, 0.29) is 36.6 Å². The fourth-order valence-electron chi connectivity index (χ4n) is 5.98. The number of esters is 2. The second-order valence-electron chi connectivity index (χ2n) is 11.3. The largest absolute Gasteiger partial charge is 0.469 e. The van der Waals surface area contributed by atoms with E-state index >= 15 is 0 Å². The van der Waals surface area contributed by atoms with E-state index in [2.05, 4.69) is 20.3 Å². The first kappa shape index (κ1) is 33.2. The molecule has 2 aromatic rings. The molecule has 238 valence electrons. The Bertz CT molecular complexity index is 1830. The van der Waals surface area contributed by atoms with Gasteiger partial charge in [0.25, 0.3) is 11.8 Å². The SMILES string of the molecule is CCC1=C(C)C(=O)N=C1/C=c1\[nH]/c(=C\c2[nH]c(/C=C3/NC(=O)C(C)=C3CC)c(C)c2CCC(=O)OC)c(CCC(=O)OC)c1C. The number of carbonyl (C=O) groups is 4. The van der Waals surface area contributed by atoms with Crippen molar-refractivity contribution in [1.82, 2.24) is 15.3 Å². The number of nitrogens with one attached hydrogen (secondary N) is 3. The number of carbonyl (C=O) groups excluding carboxylic acids is 4. The molecule has 0 spiro atoms. The number of aromatic amines is 2. The van der Waals surface area contributed by atoms with Gasteiger partial charge in [-0.15, -0.1) is 0 Å². The monoisotopic (exact) mass is 614 g/mol. The fraction of sp³-hybridized carbons (Fsp3) is 0.400. The second kappa shape index (κ2) is 13.9. The molecule has 0 saturated carbocycles. The van der Waals surface area contributed by atoms with Crippen molar-refractivity contribution in [3.8, 4) is 0 Å². The van der Waals surface area contributed by atoms with Gasteiger partial charge in [-0.2, -0.15) is 0 Å². The number of methoxy groups -OCH3 is 2. The first-order valence-electron chi connectivity index (χ1n) is 15.3. The van der Waals surface area contributed by atoms with Crippen LogP contribution in [0.1, 0.15) is 87.0 Å². The van der Waals surface area contributed by atoms with Gasteiger partial charge in [0.1, 0.15) is 0 Å². The van der Waals surface area contributed by atoms with Crippen molar-refractivity contribution in [1.29, 1.82) is 0 Å². The molecule has 0 atom stereocenters. The molecule has 4 heterocycles. The van der Waals surface area contributed by atoms with E-state index in [4.69, 9.17) is 9.47 Å². The lowest BCUT2D eigenvalue weighted by Gasteiger charge is -2.04. The molecule has 10 nitrogen and oxygen atoms in total. The number of aromatic nitrogens is 2. The van der Waals surface area contributed by atoms with Gasteiger partial charge in [-0.1, -0.05) is 13.8 Å². The van der Waals surface area contributed by atoms with Gasteiger partial charge in [0.05, 0.1) is 19.9 Å². The lowest BCUT2D eigenvalue weighted by Crippen LogP contribution is -2.15. The Hall–Kier alpha value is -4.73. The number of ether oxygens (including phenoxy) is 2. The molecule has 0 unspecified atom stereocenters. The molecule has 45 heavy (non-hydrogen) atoms. The molecule has 2 amide bonds. The van der Waals surface area contributed by atoms with Crippen LogP contribution in [0.25, 0.3) is 18.2 Å². The van der Waals surface area contributed by atoms with Gasteiger partial charge < -0.3 is 24.8 Å². The number of allylic oxidation sites excluding steroid dienone is 2. The van der Waals surface area contributed by atoms with Crippen LogP contribution in [0.15, 0.2) is 33.0 Å². The van der Waals surface area contributed by atoms with E-state index < -0.39 is 0 Å². The summed E-state index contributed by atoms with van der Waals surface area (Å²) in [6, 6.07) is 0. The first-order chi connectivity index (χ1) is 21.4. The standard InChI is InChI=1S/C35H42N4O6/c1-9-22-20(5)34(42)38-28(22)15-26-18(3)24(11-13-32(40)44-7)30(36-26)17-31-25(12-14-33(41)45-8)19(4)27(37-31)16-29-23(10-2)21(6)35(43)39-29/h15-17,36-37H,9-14H2,1-8H3,(H,38,42)/b27-16-,28-15+,31-17-. The van der Waals surface area contributed by atoms with Gasteiger partial charge in [0, 0.05) is 51.8 Å². The average Bonchev–Trinajstić information content (AvgIpc) is 3.67. The van der Waals surface area contributed by atoms with E-state index in [9.17, 15) is 19.2 Å². The fourth-order valence-corrected chi connectivity index (χ4v) is 5.98. The summed E-state index contributed by atoms with van der Waals surface area (Å²) in [5.41, 5.74) is 9.96. The third kappa shape index (κ3) is 6.84. The third-order valence-electron chi connectivity index (χ3n) is 8.75. The number of nitrogens with zero attached hydrogens (tertiary/aromatic N) is 1. The maximum atomic E-state index is 12.4. The lowest BCUT2D eigenvalue weighted by molar-refractivity contribution is -0.141. The second-order valence-corrected chi connectivity index (χ2v) is 11.3. The minimum Gasteiger partial charge on any atom is -0.469 e. The summed E-state index contributed by atoms with van der Waals surface area (Å²) in [5.74, 6) is -0.967. The predicted octanol–water partition coefficient (Wildman–Crippen LogP) is 3.69. The first-order valence-corrected chi connectivity index (χ1v) is 15.3. The Morgan fingerprint density at radius 1 is 0.733 bits per heavy atom. The van der Waals surface area contributed by atoms with Gasteiger partial charge in [-0.25, -0.2) is 4.99 Å². The number of aliphatic imine (C=N–C) groups is 1. The minimum absolute atomic E-state index is 0.106. The zero-order valence-electron chi connectivity index (χ0n) is 27.4. The molecule has 0 saturated heterocycles. The van der Waals surface area contributed by atoms with Crippen LogP contribution in [0.4, 0.5) is 0 Å². The molecule has 0 radical (unpaired) electrons. The van der Waals surface area contributed by atoms with Gasteiger partial charge in [-0.05, 0) is 105 Å². The van der Waals surface area contributed by atoms with Gasteiger partial charge >= 0.3 is 11.9 Å². The molecular weight excluding hydrogens is 572 g/mol. The molecule has 2 aliphatic heterocycles. The van der Waals surface area contributed by atoms with E-state index in [1.54, 1.807) is 6.92 Å². The summed E-state index contributed by atoms with van der Waals surface area (Å²) in [5, 5.41) is 4.54. The van der Waals surface area contributed by atoms with Crippen molar-refractivity contribution in [2.45, 2.75) is 80.1 Å². The molecule has 0 aliphatic carbocycles. The van der Waals surface area contributed by atoms with Crippen LogP contribution in [0, 0.1) is 13.8 Å². The summed E-state index contributed by atoms with van der Waals surface area (Å²) in [4.78, 5) is 60.3.